The summed E-state index contributed by atoms with van der Waals surface area (Å²) in [5.74, 6) is -0.499. The van der Waals surface area contributed by atoms with Gasteiger partial charge in [0, 0.05) is 12.6 Å². The monoisotopic (exact) mass is 576 g/mol. The maximum absolute atomic E-state index is 14.1. The highest BCUT2D eigenvalue weighted by Crippen LogP contribution is 2.41. The molecule has 0 bridgehead atoms. The molecule has 2 fully saturated rings. The zero-order valence-electron chi connectivity index (χ0n) is 23.4. The Bertz CT molecular complexity index is 1230. The Morgan fingerprint density at radius 2 is 1.75 bits per heavy atom. The Morgan fingerprint density at radius 3 is 2.38 bits per heavy atom. The van der Waals surface area contributed by atoms with Crippen molar-refractivity contribution in [1.82, 2.24) is 10.2 Å². The van der Waals surface area contributed by atoms with Crippen molar-refractivity contribution in [2.75, 3.05) is 25.4 Å². The highest BCUT2D eigenvalue weighted by Gasteiger charge is 2.38. The molecule has 3 unspecified atom stereocenters. The number of rotatable bonds is 12. The largest absolute Gasteiger partial charge is 0.480 e. The van der Waals surface area contributed by atoms with Crippen molar-refractivity contribution in [2.24, 2.45) is 17.8 Å². The lowest BCUT2D eigenvalue weighted by Gasteiger charge is -2.35. The van der Waals surface area contributed by atoms with Gasteiger partial charge >= 0.3 is 5.97 Å². The fraction of sp³-hybridized carbons (Fsp3) is 0.581. The summed E-state index contributed by atoms with van der Waals surface area (Å²) in [6, 6.07) is 11.2. The molecule has 40 heavy (non-hydrogen) atoms. The lowest BCUT2D eigenvalue weighted by molar-refractivity contribution is -0.140. The van der Waals surface area contributed by atoms with Crippen molar-refractivity contribution in [3.8, 4) is 0 Å². The van der Waals surface area contributed by atoms with Gasteiger partial charge in [0.1, 0.15) is 17.7 Å². The minimum absolute atomic E-state index is 0.0484. The second kappa shape index (κ2) is 13.5. The molecule has 0 radical (unpaired) electrons. The molecular weight excluding hydrogens is 534 g/mol. The molecule has 2 N–H and O–H groups in total. The number of benzene rings is 2. The molecule has 2 aliphatic rings. The molecule has 6 nitrogen and oxygen atoms in total. The van der Waals surface area contributed by atoms with Crippen LogP contribution in [0.2, 0.25) is 0 Å². The number of carboxylic acids is 1. The van der Waals surface area contributed by atoms with Gasteiger partial charge in [-0.1, -0.05) is 26.0 Å². The lowest BCUT2D eigenvalue weighted by Crippen LogP contribution is -2.43. The Hall–Kier alpha value is -2.36. The van der Waals surface area contributed by atoms with Crippen molar-refractivity contribution < 1.29 is 27.1 Å². The number of sulfone groups is 1. The van der Waals surface area contributed by atoms with Crippen LogP contribution in [0.3, 0.4) is 0 Å². The average molecular weight is 577 g/mol. The number of halogens is 2. The summed E-state index contributed by atoms with van der Waals surface area (Å²) in [5, 5.41) is 13.1. The van der Waals surface area contributed by atoms with Crippen LogP contribution in [-0.2, 0) is 14.6 Å². The van der Waals surface area contributed by atoms with Gasteiger partial charge in [-0.15, -0.1) is 0 Å². The Morgan fingerprint density at radius 1 is 1.05 bits per heavy atom. The number of nitrogens with one attached hydrogen (secondary N) is 1. The third-order valence-corrected chi connectivity index (χ3v) is 10.3. The fourth-order valence-electron chi connectivity index (χ4n) is 6.48. The number of aliphatic carboxylic acids is 1. The average Bonchev–Trinajstić information content (AvgIpc) is 3.30. The number of carboxylic acid groups (broad SMARTS) is 1. The maximum atomic E-state index is 14.1. The SMILES string of the molecule is CC(C)C[C@@H](NC1CC(CN2CCC(CCS(=O)(=O)c3ccc(F)cc3)CC2)C(c2cccc(F)c2)C1)C(=O)O. The molecule has 1 saturated carbocycles. The van der Waals surface area contributed by atoms with E-state index in [0.717, 1.165) is 50.9 Å². The summed E-state index contributed by atoms with van der Waals surface area (Å²) < 4.78 is 52.7. The first-order chi connectivity index (χ1) is 19.0. The topological polar surface area (TPSA) is 86.7 Å². The minimum atomic E-state index is -3.44. The van der Waals surface area contributed by atoms with Crippen LogP contribution < -0.4 is 5.32 Å². The molecule has 220 valence electrons. The molecule has 2 aromatic rings. The van der Waals surface area contributed by atoms with E-state index in [-0.39, 0.29) is 40.3 Å². The highest BCUT2D eigenvalue weighted by atomic mass is 32.2. The van der Waals surface area contributed by atoms with E-state index in [1.807, 2.05) is 19.9 Å². The van der Waals surface area contributed by atoms with Crippen LogP contribution in [-0.4, -0.2) is 61.9 Å². The number of likely N-dealkylation sites (tertiary alicyclic amines) is 1. The van der Waals surface area contributed by atoms with Crippen LogP contribution in [0.5, 0.6) is 0 Å². The number of nitrogens with zero attached hydrogens (tertiary/aromatic N) is 1. The molecular formula is C31H42F2N2O4S. The molecule has 1 aliphatic heterocycles. The molecule has 0 spiro atoms. The van der Waals surface area contributed by atoms with Gasteiger partial charge in [-0.2, -0.15) is 0 Å². The van der Waals surface area contributed by atoms with Gasteiger partial charge in [0.15, 0.2) is 9.84 Å². The van der Waals surface area contributed by atoms with Crippen molar-refractivity contribution in [2.45, 2.75) is 75.3 Å². The maximum Gasteiger partial charge on any atom is 0.320 e. The van der Waals surface area contributed by atoms with Crippen molar-refractivity contribution in [1.29, 1.82) is 0 Å². The molecule has 0 amide bonds. The second-order valence-corrected chi connectivity index (χ2v) is 14.2. The number of piperidine rings is 1. The van der Waals surface area contributed by atoms with Crippen LogP contribution in [0.1, 0.15) is 63.9 Å². The second-order valence-electron chi connectivity index (χ2n) is 12.1. The third kappa shape index (κ3) is 8.33. The standard InChI is InChI=1S/C31H42F2N2O4S/c1-21(2)16-30(31(36)37)34-27-18-24(29(19-27)23-4-3-5-26(33)17-23)20-35-13-10-22(11-14-35)12-15-40(38,39)28-8-6-25(32)7-9-28/h3-9,17,21-22,24,27,29-30,34H,10-16,18-20H2,1-2H3,(H,36,37)/t24?,27?,29?,30-/m1/s1. The van der Waals surface area contributed by atoms with E-state index in [2.05, 4.69) is 10.2 Å². The Kier molecular flexibility index (Phi) is 10.4. The first-order valence-electron chi connectivity index (χ1n) is 14.4. The van der Waals surface area contributed by atoms with Crippen LogP contribution >= 0.6 is 0 Å². The van der Waals surface area contributed by atoms with Gasteiger partial charge in [0.05, 0.1) is 10.6 Å². The van der Waals surface area contributed by atoms with Crippen LogP contribution in [0, 0.1) is 29.4 Å². The van der Waals surface area contributed by atoms with Gasteiger partial charge in [0.2, 0.25) is 0 Å². The third-order valence-electron chi connectivity index (χ3n) is 8.58. The summed E-state index contributed by atoms with van der Waals surface area (Å²) in [4.78, 5) is 14.5. The molecule has 1 aliphatic carbocycles. The molecule has 4 atom stereocenters. The molecule has 4 rings (SSSR count). The first-order valence-corrected chi connectivity index (χ1v) is 16.1. The zero-order chi connectivity index (χ0) is 28.9. The van der Waals surface area contributed by atoms with Gasteiger partial charge in [0.25, 0.3) is 0 Å². The van der Waals surface area contributed by atoms with Crippen LogP contribution in [0.4, 0.5) is 8.78 Å². The van der Waals surface area contributed by atoms with E-state index in [1.54, 1.807) is 12.1 Å². The summed E-state index contributed by atoms with van der Waals surface area (Å²) >= 11 is 0. The van der Waals surface area contributed by atoms with E-state index in [1.165, 1.54) is 30.3 Å². The normalized spacial score (nSPS) is 23.5. The number of carbonyl (C=O) groups is 1. The quantitative estimate of drug-likeness (QED) is 0.325. The minimum Gasteiger partial charge on any atom is -0.480 e. The summed E-state index contributed by atoms with van der Waals surface area (Å²) in [6.07, 6.45) is 4.57. The van der Waals surface area contributed by atoms with E-state index in [0.29, 0.717) is 18.8 Å². The summed E-state index contributed by atoms with van der Waals surface area (Å²) in [7, 11) is -3.44. The molecule has 0 aromatic heterocycles. The summed E-state index contributed by atoms with van der Waals surface area (Å²) in [5.41, 5.74) is 0.964. The first kappa shape index (κ1) is 30.6. The van der Waals surface area contributed by atoms with Gasteiger partial charge in [-0.05, 0) is 117 Å². The molecule has 9 heteroatoms. The van der Waals surface area contributed by atoms with Gasteiger partial charge in [-0.25, -0.2) is 17.2 Å². The van der Waals surface area contributed by atoms with Crippen molar-refractivity contribution >= 4 is 15.8 Å². The predicted molar refractivity (Wildman–Crippen MR) is 152 cm³/mol. The van der Waals surface area contributed by atoms with E-state index >= 15 is 0 Å². The number of hydrogen-bond donors (Lipinski definition) is 2. The zero-order valence-corrected chi connectivity index (χ0v) is 24.3. The van der Waals surface area contributed by atoms with Crippen molar-refractivity contribution in [3.63, 3.8) is 0 Å². The van der Waals surface area contributed by atoms with Crippen molar-refractivity contribution in [3.05, 3.63) is 65.7 Å². The van der Waals surface area contributed by atoms with Gasteiger partial charge in [-0.3, -0.25) is 4.79 Å². The summed E-state index contributed by atoms with van der Waals surface area (Å²) in [6.45, 7) is 6.63. The van der Waals surface area contributed by atoms with E-state index in [9.17, 15) is 27.1 Å². The van der Waals surface area contributed by atoms with Crippen LogP contribution in [0.25, 0.3) is 0 Å². The predicted octanol–water partition coefficient (Wildman–Crippen LogP) is 5.49. The Balaban J connectivity index is 1.34. The molecule has 2 aromatic carbocycles. The van der Waals surface area contributed by atoms with Crippen LogP contribution in [0.15, 0.2) is 53.4 Å². The molecule has 1 saturated heterocycles. The lowest BCUT2D eigenvalue weighted by atomic mass is 9.87. The number of hydrogen-bond acceptors (Lipinski definition) is 5. The van der Waals surface area contributed by atoms with E-state index in [4.69, 9.17) is 0 Å². The highest BCUT2D eigenvalue weighted by molar-refractivity contribution is 7.91. The Labute approximate surface area is 237 Å². The fourth-order valence-corrected chi connectivity index (χ4v) is 7.91. The van der Waals surface area contributed by atoms with Gasteiger partial charge < -0.3 is 15.3 Å². The smallest absolute Gasteiger partial charge is 0.320 e. The van der Waals surface area contributed by atoms with E-state index < -0.39 is 27.7 Å². The molecule has 1 heterocycles.